The molecule has 0 aromatic carbocycles. The van der Waals surface area contributed by atoms with Gasteiger partial charge in [0.1, 0.15) is 0 Å². The lowest BCUT2D eigenvalue weighted by Crippen LogP contribution is -2.10. The maximum Gasteiger partial charge on any atom is 0.391 e. The third kappa shape index (κ3) is 1.73. The molecular weight excluding hydrogens is 185 g/mol. The van der Waals surface area contributed by atoms with Gasteiger partial charge in [-0.05, 0) is 12.1 Å². The molecule has 1 rings (SSSR count). The average molecular weight is 191 g/mol. The van der Waals surface area contributed by atoms with Gasteiger partial charge in [0.25, 0.3) is 5.91 Å². The molecule has 1 amide bonds. The molecule has 0 radical (unpaired) electrons. The molecular formula is C5H6NO5P. The molecule has 0 spiro atoms. The second kappa shape index (κ2) is 2.75. The van der Waals surface area contributed by atoms with Crippen molar-refractivity contribution in [2.75, 3.05) is 0 Å². The number of carbonyl (C=O) groups excluding carboxylic acids is 1. The summed E-state index contributed by atoms with van der Waals surface area (Å²) in [5, 5.41) is 0. The zero-order valence-electron chi connectivity index (χ0n) is 5.80. The van der Waals surface area contributed by atoms with Crippen molar-refractivity contribution in [2.24, 2.45) is 5.73 Å². The summed E-state index contributed by atoms with van der Waals surface area (Å²) >= 11 is 0. The summed E-state index contributed by atoms with van der Waals surface area (Å²) in [7, 11) is -4.41. The highest BCUT2D eigenvalue weighted by Gasteiger charge is 2.22. The van der Waals surface area contributed by atoms with Gasteiger partial charge in [-0.1, -0.05) is 0 Å². The molecule has 0 aliphatic rings. The summed E-state index contributed by atoms with van der Waals surface area (Å²) in [5.41, 5.74) is 4.23. The number of hydrogen-bond donors (Lipinski definition) is 3. The Morgan fingerprint density at radius 1 is 1.50 bits per heavy atom. The summed E-state index contributed by atoms with van der Waals surface area (Å²) in [4.78, 5) is 27.5. The van der Waals surface area contributed by atoms with Crippen molar-refractivity contribution in [1.82, 2.24) is 0 Å². The Labute approximate surface area is 67.1 Å². The monoisotopic (exact) mass is 191 g/mol. The lowest BCUT2D eigenvalue weighted by molar-refractivity contribution is 0.0975. The van der Waals surface area contributed by atoms with E-state index in [1.165, 1.54) is 0 Å². The number of amides is 1. The Morgan fingerprint density at radius 2 is 2.08 bits per heavy atom. The van der Waals surface area contributed by atoms with Gasteiger partial charge in [0.15, 0.2) is 5.76 Å². The first kappa shape index (κ1) is 8.99. The van der Waals surface area contributed by atoms with E-state index in [9.17, 15) is 9.36 Å². The maximum absolute atomic E-state index is 10.5. The molecule has 6 nitrogen and oxygen atoms in total. The highest BCUT2D eigenvalue weighted by molar-refractivity contribution is 7.59. The Balaban J connectivity index is 3.08. The standard InChI is InChI=1S/C5H6NO5P/c6-5(7)3-1-2-4(11-3)12(8,9)10/h1-2H,(H2,6,7)(H2,8,9,10). The fourth-order valence-corrected chi connectivity index (χ4v) is 1.10. The number of rotatable bonds is 2. The molecule has 0 bridgehead atoms. The van der Waals surface area contributed by atoms with E-state index < -0.39 is 19.0 Å². The molecule has 0 saturated heterocycles. The highest BCUT2D eigenvalue weighted by atomic mass is 31.2. The molecule has 1 aromatic rings. The first-order valence-electron chi connectivity index (χ1n) is 2.87. The molecule has 0 aliphatic heterocycles. The number of carbonyl (C=O) groups is 1. The van der Waals surface area contributed by atoms with Crippen LogP contribution in [0.2, 0.25) is 0 Å². The van der Waals surface area contributed by atoms with Gasteiger partial charge in [-0.15, -0.1) is 0 Å². The van der Waals surface area contributed by atoms with Crippen LogP contribution in [0.4, 0.5) is 0 Å². The molecule has 1 heterocycles. The Bertz CT molecular complexity index is 350. The van der Waals surface area contributed by atoms with Crippen molar-refractivity contribution >= 4 is 19.0 Å². The first-order chi connectivity index (χ1) is 5.41. The Kier molecular flexibility index (Phi) is 2.06. The van der Waals surface area contributed by atoms with E-state index in [1.54, 1.807) is 0 Å². The van der Waals surface area contributed by atoms with Crippen LogP contribution in [-0.4, -0.2) is 15.7 Å². The molecule has 0 fully saturated rings. The van der Waals surface area contributed by atoms with Crippen molar-refractivity contribution in [3.05, 3.63) is 17.9 Å². The molecule has 12 heavy (non-hydrogen) atoms. The van der Waals surface area contributed by atoms with Crippen LogP contribution in [0.15, 0.2) is 16.5 Å². The molecule has 1 aromatic heterocycles. The van der Waals surface area contributed by atoms with Crippen molar-refractivity contribution in [2.45, 2.75) is 0 Å². The molecule has 4 N–H and O–H groups in total. The van der Waals surface area contributed by atoms with Crippen molar-refractivity contribution < 1.29 is 23.6 Å². The van der Waals surface area contributed by atoms with Crippen LogP contribution in [0.25, 0.3) is 0 Å². The molecule has 7 heteroatoms. The molecule has 0 atom stereocenters. The number of primary amides is 1. The predicted octanol–water partition coefficient (Wildman–Crippen LogP) is -0.819. The van der Waals surface area contributed by atoms with Gasteiger partial charge in [0, 0.05) is 0 Å². The van der Waals surface area contributed by atoms with E-state index in [-0.39, 0.29) is 5.76 Å². The minimum absolute atomic E-state index is 0.270. The van der Waals surface area contributed by atoms with Gasteiger partial charge < -0.3 is 19.9 Å². The summed E-state index contributed by atoms with van der Waals surface area (Å²) < 4.78 is 15.0. The van der Waals surface area contributed by atoms with E-state index in [4.69, 9.17) is 15.5 Å². The summed E-state index contributed by atoms with van der Waals surface area (Å²) in [6.07, 6.45) is 0. The number of hydrogen-bond acceptors (Lipinski definition) is 3. The smallest absolute Gasteiger partial charge is 0.391 e. The quantitative estimate of drug-likeness (QED) is 0.528. The molecule has 0 unspecified atom stereocenters. The molecule has 66 valence electrons. The first-order valence-corrected chi connectivity index (χ1v) is 4.48. The van der Waals surface area contributed by atoms with Gasteiger partial charge in [-0.25, -0.2) is 0 Å². The third-order valence-corrected chi connectivity index (χ3v) is 1.94. The lowest BCUT2D eigenvalue weighted by Gasteiger charge is -1.96. The van der Waals surface area contributed by atoms with E-state index in [2.05, 4.69) is 4.42 Å². The minimum Gasteiger partial charge on any atom is -0.443 e. The Hall–Kier alpha value is -1.10. The minimum atomic E-state index is -4.41. The largest absolute Gasteiger partial charge is 0.443 e. The van der Waals surface area contributed by atoms with Gasteiger partial charge in [-0.2, -0.15) is 0 Å². The van der Waals surface area contributed by atoms with Crippen LogP contribution in [0.5, 0.6) is 0 Å². The van der Waals surface area contributed by atoms with Gasteiger partial charge in [-0.3, -0.25) is 9.36 Å². The van der Waals surface area contributed by atoms with Crippen LogP contribution in [-0.2, 0) is 4.57 Å². The summed E-state index contributed by atoms with van der Waals surface area (Å²) in [6, 6.07) is 2.12. The van der Waals surface area contributed by atoms with Crippen molar-refractivity contribution in [3.8, 4) is 0 Å². The van der Waals surface area contributed by atoms with Crippen LogP contribution < -0.4 is 11.2 Å². The van der Waals surface area contributed by atoms with Crippen LogP contribution in [0, 0.1) is 0 Å². The number of nitrogens with two attached hydrogens (primary N) is 1. The van der Waals surface area contributed by atoms with Crippen molar-refractivity contribution in [1.29, 1.82) is 0 Å². The van der Waals surface area contributed by atoms with E-state index >= 15 is 0 Å². The van der Waals surface area contributed by atoms with Gasteiger partial charge in [0.2, 0.25) is 5.50 Å². The SMILES string of the molecule is NC(=O)c1ccc(P(=O)(O)O)o1. The topological polar surface area (TPSA) is 114 Å². The number of furan rings is 1. The van der Waals surface area contributed by atoms with E-state index in [1.807, 2.05) is 0 Å². The average Bonchev–Trinajstić information content (AvgIpc) is 2.30. The van der Waals surface area contributed by atoms with E-state index in [0.29, 0.717) is 0 Å². The Morgan fingerprint density at radius 3 is 2.33 bits per heavy atom. The maximum atomic E-state index is 10.5. The fourth-order valence-electron chi connectivity index (χ4n) is 0.617. The predicted molar refractivity (Wildman–Crippen MR) is 38.9 cm³/mol. The third-order valence-electron chi connectivity index (χ3n) is 1.12. The van der Waals surface area contributed by atoms with Gasteiger partial charge in [0.05, 0.1) is 0 Å². The molecule has 0 aliphatic carbocycles. The fraction of sp³-hybridized carbons (Fsp3) is 0. The lowest BCUT2D eigenvalue weighted by atomic mass is 10.4. The van der Waals surface area contributed by atoms with E-state index in [0.717, 1.165) is 12.1 Å². The van der Waals surface area contributed by atoms with Crippen LogP contribution in [0.1, 0.15) is 10.6 Å². The summed E-state index contributed by atoms with van der Waals surface area (Å²) in [5.74, 6) is -1.14. The zero-order valence-corrected chi connectivity index (χ0v) is 6.69. The second-order valence-corrected chi connectivity index (χ2v) is 3.57. The summed E-state index contributed by atoms with van der Waals surface area (Å²) in [6.45, 7) is 0. The normalized spacial score (nSPS) is 11.5. The van der Waals surface area contributed by atoms with Crippen LogP contribution >= 0.6 is 7.60 Å². The van der Waals surface area contributed by atoms with Crippen molar-refractivity contribution in [3.63, 3.8) is 0 Å². The second-order valence-electron chi connectivity index (χ2n) is 2.05. The highest BCUT2D eigenvalue weighted by Crippen LogP contribution is 2.33. The van der Waals surface area contributed by atoms with Crippen LogP contribution in [0.3, 0.4) is 0 Å². The molecule has 0 saturated carbocycles. The van der Waals surface area contributed by atoms with Gasteiger partial charge >= 0.3 is 7.60 Å². The zero-order chi connectivity index (χ0) is 9.35.